The summed E-state index contributed by atoms with van der Waals surface area (Å²) in [4.78, 5) is 16.9. The van der Waals surface area contributed by atoms with Crippen molar-refractivity contribution in [2.45, 2.75) is 31.8 Å². The molecule has 2 fully saturated rings. The summed E-state index contributed by atoms with van der Waals surface area (Å²) in [6.07, 6.45) is 4.87. The molecule has 2 aliphatic carbocycles. The Balaban J connectivity index is 1.37. The zero-order valence-corrected chi connectivity index (χ0v) is 13.7. The van der Waals surface area contributed by atoms with Crippen molar-refractivity contribution in [2.24, 2.45) is 23.5 Å². The number of pyridine rings is 1. The van der Waals surface area contributed by atoms with Crippen molar-refractivity contribution in [3.8, 4) is 11.3 Å². The maximum Gasteiger partial charge on any atom is 0.223 e. The third-order valence-corrected chi connectivity index (χ3v) is 5.61. The number of nitrogens with one attached hydrogen (secondary N) is 1. The molecule has 4 heteroatoms. The van der Waals surface area contributed by atoms with Gasteiger partial charge < -0.3 is 11.1 Å². The van der Waals surface area contributed by atoms with Gasteiger partial charge in [0.05, 0.1) is 5.69 Å². The number of aromatic nitrogens is 1. The fraction of sp³-hybridized carbons (Fsp3) is 0.400. The molecule has 24 heavy (non-hydrogen) atoms. The third kappa shape index (κ3) is 2.94. The molecule has 0 aliphatic heterocycles. The van der Waals surface area contributed by atoms with E-state index in [4.69, 9.17) is 5.73 Å². The predicted molar refractivity (Wildman–Crippen MR) is 93.8 cm³/mol. The van der Waals surface area contributed by atoms with Gasteiger partial charge in [-0.05, 0) is 48.8 Å². The number of amides is 1. The maximum atomic E-state index is 12.4. The van der Waals surface area contributed by atoms with Gasteiger partial charge in [-0.3, -0.25) is 9.78 Å². The van der Waals surface area contributed by atoms with Gasteiger partial charge in [0.25, 0.3) is 0 Å². The number of nitrogens with zero attached hydrogens (tertiary/aromatic N) is 1. The van der Waals surface area contributed by atoms with E-state index in [2.05, 4.69) is 10.3 Å². The minimum atomic E-state index is 0.143. The van der Waals surface area contributed by atoms with Gasteiger partial charge in [0.2, 0.25) is 5.91 Å². The molecule has 3 N–H and O–H groups in total. The van der Waals surface area contributed by atoms with E-state index in [9.17, 15) is 4.79 Å². The highest BCUT2D eigenvalue weighted by molar-refractivity contribution is 5.79. The zero-order valence-electron chi connectivity index (χ0n) is 13.7. The summed E-state index contributed by atoms with van der Waals surface area (Å²) in [5.41, 5.74) is 9.13. The smallest absolute Gasteiger partial charge is 0.223 e. The Kier molecular flexibility index (Phi) is 4.07. The van der Waals surface area contributed by atoms with Crippen molar-refractivity contribution in [1.29, 1.82) is 0 Å². The Morgan fingerprint density at radius 2 is 2.00 bits per heavy atom. The van der Waals surface area contributed by atoms with Crippen LogP contribution in [-0.4, -0.2) is 16.9 Å². The van der Waals surface area contributed by atoms with Crippen molar-refractivity contribution in [3.05, 3.63) is 54.2 Å². The van der Waals surface area contributed by atoms with E-state index in [1.807, 2.05) is 42.5 Å². The number of hydrogen-bond donors (Lipinski definition) is 2. The Bertz CT molecular complexity index is 731. The van der Waals surface area contributed by atoms with Gasteiger partial charge in [-0.15, -0.1) is 0 Å². The van der Waals surface area contributed by atoms with Gasteiger partial charge in [0, 0.05) is 30.3 Å². The number of rotatable bonds is 4. The van der Waals surface area contributed by atoms with Crippen LogP contribution in [-0.2, 0) is 11.3 Å². The van der Waals surface area contributed by atoms with E-state index in [0.29, 0.717) is 24.4 Å². The molecule has 4 nitrogen and oxygen atoms in total. The number of hydrogen-bond acceptors (Lipinski definition) is 3. The molecule has 124 valence electrons. The van der Waals surface area contributed by atoms with Crippen molar-refractivity contribution in [1.82, 2.24) is 10.3 Å². The SMILES string of the molecule is N[C@@H]1C[C@@H]2CC(C(=O)NCc3ccnc(-c4ccccc4)c3)C[C@@H]21. The Morgan fingerprint density at radius 1 is 1.17 bits per heavy atom. The second-order valence-electron chi connectivity index (χ2n) is 7.12. The first-order chi connectivity index (χ1) is 11.7. The van der Waals surface area contributed by atoms with Crippen LogP contribution in [0.15, 0.2) is 48.7 Å². The van der Waals surface area contributed by atoms with E-state index in [0.717, 1.165) is 36.1 Å². The highest BCUT2D eigenvalue weighted by Crippen LogP contribution is 2.48. The van der Waals surface area contributed by atoms with E-state index in [-0.39, 0.29) is 11.8 Å². The molecule has 0 spiro atoms. The number of carbonyl (C=O) groups is 1. The van der Waals surface area contributed by atoms with Crippen molar-refractivity contribution in [3.63, 3.8) is 0 Å². The van der Waals surface area contributed by atoms with Gasteiger partial charge in [-0.25, -0.2) is 0 Å². The van der Waals surface area contributed by atoms with Crippen molar-refractivity contribution < 1.29 is 4.79 Å². The highest BCUT2D eigenvalue weighted by Gasteiger charge is 2.47. The van der Waals surface area contributed by atoms with Crippen LogP contribution in [0.5, 0.6) is 0 Å². The molecule has 4 rings (SSSR count). The summed E-state index contributed by atoms with van der Waals surface area (Å²) in [7, 11) is 0. The standard InChI is InChI=1S/C20H23N3O/c21-18-11-15-9-16(10-17(15)18)20(24)23-12-13-6-7-22-19(8-13)14-4-2-1-3-5-14/h1-8,15-18H,9-12,21H2,(H,23,24)/t15-,16?,17-,18+/m0/s1. The average molecular weight is 321 g/mol. The lowest BCUT2D eigenvalue weighted by Crippen LogP contribution is -2.44. The molecule has 2 aliphatic rings. The normalized spacial score (nSPS) is 28.0. The van der Waals surface area contributed by atoms with E-state index in [1.54, 1.807) is 6.20 Å². The maximum absolute atomic E-state index is 12.4. The van der Waals surface area contributed by atoms with E-state index >= 15 is 0 Å². The lowest BCUT2D eigenvalue weighted by molar-refractivity contribution is -0.125. The topological polar surface area (TPSA) is 68.0 Å². The van der Waals surface area contributed by atoms with Crippen LogP contribution in [0.4, 0.5) is 0 Å². The zero-order chi connectivity index (χ0) is 16.5. The second kappa shape index (κ2) is 6.36. The van der Waals surface area contributed by atoms with Crippen LogP contribution < -0.4 is 11.1 Å². The number of nitrogens with two attached hydrogens (primary N) is 1. The van der Waals surface area contributed by atoms with Crippen molar-refractivity contribution >= 4 is 5.91 Å². The summed E-state index contributed by atoms with van der Waals surface area (Å²) in [5.74, 6) is 1.58. The Hall–Kier alpha value is -2.20. The predicted octanol–water partition coefficient (Wildman–Crippen LogP) is 2.74. The average Bonchev–Trinajstić information content (AvgIpc) is 2.98. The monoisotopic (exact) mass is 321 g/mol. The summed E-state index contributed by atoms with van der Waals surface area (Å²) in [6, 6.07) is 14.4. The quantitative estimate of drug-likeness (QED) is 0.910. The first-order valence-electron chi connectivity index (χ1n) is 8.74. The van der Waals surface area contributed by atoms with Crippen LogP contribution in [0.25, 0.3) is 11.3 Å². The largest absolute Gasteiger partial charge is 0.352 e. The summed E-state index contributed by atoms with van der Waals surface area (Å²) >= 11 is 0. The first-order valence-corrected chi connectivity index (χ1v) is 8.74. The number of carbonyl (C=O) groups excluding carboxylic acids is 1. The van der Waals surface area contributed by atoms with Crippen molar-refractivity contribution in [2.75, 3.05) is 0 Å². The van der Waals surface area contributed by atoms with E-state index in [1.165, 1.54) is 0 Å². The number of fused-ring (bicyclic) bond motifs is 1. The van der Waals surface area contributed by atoms with Gasteiger partial charge in [0.15, 0.2) is 0 Å². The van der Waals surface area contributed by atoms with Gasteiger partial charge in [0.1, 0.15) is 0 Å². The second-order valence-corrected chi connectivity index (χ2v) is 7.12. The molecule has 1 aromatic carbocycles. The molecule has 1 aromatic heterocycles. The van der Waals surface area contributed by atoms with Gasteiger partial charge >= 0.3 is 0 Å². The summed E-state index contributed by atoms with van der Waals surface area (Å²) < 4.78 is 0. The molecule has 0 saturated heterocycles. The third-order valence-electron chi connectivity index (χ3n) is 5.61. The summed E-state index contributed by atoms with van der Waals surface area (Å²) in [6.45, 7) is 0.555. The lowest BCUT2D eigenvalue weighted by Gasteiger charge is -2.37. The minimum absolute atomic E-state index is 0.143. The first kappa shape index (κ1) is 15.3. The van der Waals surface area contributed by atoms with Crippen LogP contribution in [0.3, 0.4) is 0 Å². The highest BCUT2D eigenvalue weighted by atomic mass is 16.1. The molecule has 4 atom stereocenters. The molecule has 2 saturated carbocycles. The fourth-order valence-electron chi connectivity index (χ4n) is 4.18. The van der Waals surface area contributed by atoms with Crippen LogP contribution in [0.2, 0.25) is 0 Å². The molecular formula is C20H23N3O. The fourth-order valence-corrected chi connectivity index (χ4v) is 4.18. The summed E-state index contributed by atoms with van der Waals surface area (Å²) in [5, 5.41) is 3.10. The molecule has 0 radical (unpaired) electrons. The Morgan fingerprint density at radius 3 is 2.75 bits per heavy atom. The molecule has 0 bridgehead atoms. The lowest BCUT2D eigenvalue weighted by atomic mass is 9.72. The molecule has 1 amide bonds. The minimum Gasteiger partial charge on any atom is -0.352 e. The van der Waals surface area contributed by atoms with Crippen LogP contribution >= 0.6 is 0 Å². The van der Waals surface area contributed by atoms with Crippen LogP contribution in [0, 0.1) is 17.8 Å². The molecular weight excluding hydrogens is 298 g/mol. The van der Waals surface area contributed by atoms with Gasteiger partial charge in [-0.1, -0.05) is 30.3 Å². The van der Waals surface area contributed by atoms with Crippen LogP contribution in [0.1, 0.15) is 24.8 Å². The molecule has 2 aromatic rings. The van der Waals surface area contributed by atoms with Gasteiger partial charge in [-0.2, -0.15) is 0 Å². The molecule has 1 heterocycles. The molecule has 1 unspecified atom stereocenters. The number of benzene rings is 1. The Labute approximate surface area is 142 Å². The van der Waals surface area contributed by atoms with E-state index < -0.39 is 0 Å².